The van der Waals surface area contributed by atoms with E-state index in [1.165, 1.54) is 18.2 Å². The molecule has 0 unspecified atom stereocenters. The fourth-order valence-electron chi connectivity index (χ4n) is 2.18. The molecule has 0 radical (unpaired) electrons. The maximum Gasteiger partial charge on any atom is 0.120 e. The van der Waals surface area contributed by atoms with E-state index in [-0.39, 0.29) is 0 Å². The molecule has 0 spiro atoms. The number of hydrogen-bond donors (Lipinski definition) is 2. The number of benzene rings is 2. The predicted molar refractivity (Wildman–Crippen MR) is 70.1 cm³/mol. The van der Waals surface area contributed by atoms with Crippen LogP contribution in [0.5, 0.6) is 5.75 Å². The summed E-state index contributed by atoms with van der Waals surface area (Å²) in [5.74, 6) is 0.389. The van der Waals surface area contributed by atoms with Gasteiger partial charge >= 0.3 is 0 Å². The van der Waals surface area contributed by atoms with E-state index in [0.717, 1.165) is 17.5 Å². The number of nitrogens with one attached hydrogen (secondary N) is 1. The van der Waals surface area contributed by atoms with Gasteiger partial charge in [-0.1, -0.05) is 30.3 Å². The molecule has 1 aliphatic carbocycles. The molecule has 2 nitrogen and oxygen atoms in total. The summed E-state index contributed by atoms with van der Waals surface area (Å²) >= 11 is 0. The van der Waals surface area contributed by atoms with Gasteiger partial charge in [0.1, 0.15) is 5.75 Å². The Morgan fingerprint density at radius 1 is 1.18 bits per heavy atom. The van der Waals surface area contributed by atoms with E-state index >= 15 is 0 Å². The summed E-state index contributed by atoms with van der Waals surface area (Å²) in [6.07, 6.45) is 2.47. The molecular weight excluding hydrogens is 210 g/mol. The fourth-order valence-corrected chi connectivity index (χ4v) is 2.18. The molecule has 0 saturated heterocycles. The van der Waals surface area contributed by atoms with E-state index in [2.05, 4.69) is 24.4 Å². The van der Waals surface area contributed by atoms with Crippen LogP contribution in [0.25, 0.3) is 10.8 Å². The third-order valence-corrected chi connectivity index (χ3v) is 3.71. The second-order valence-electron chi connectivity index (χ2n) is 5.20. The van der Waals surface area contributed by atoms with Crippen molar-refractivity contribution in [2.24, 2.45) is 0 Å². The monoisotopic (exact) mass is 227 g/mol. The fraction of sp³-hybridized carbons (Fsp3) is 0.333. The number of fused-ring (bicyclic) bond motifs is 1. The highest BCUT2D eigenvalue weighted by Crippen LogP contribution is 2.36. The van der Waals surface area contributed by atoms with E-state index in [4.69, 9.17) is 0 Å². The van der Waals surface area contributed by atoms with Crippen LogP contribution in [-0.2, 0) is 6.54 Å². The molecule has 1 saturated carbocycles. The number of hydrogen-bond acceptors (Lipinski definition) is 2. The lowest BCUT2D eigenvalue weighted by atomic mass is 10.0. The lowest BCUT2D eigenvalue weighted by Crippen LogP contribution is -2.27. The molecule has 0 aromatic heterocycles. The van der Waals surface area contributed by atoms with Crippen molar-refractivity contribution in [1.29, 1.82) is 0 Å². The van der Waals surface area contributed by atoms with E-state index in [0.29, 0.717) is 11.3 Å². The first-order chi connectivity index (χ1) is 8.18. The minimum Gasteiger partial charge on any atom is -0.508 e. The summed E-state index contributed by atoms with van der Waals surface area (Å²) in [5, 5.41) is 15.8. The Labute approximate surface area is 101 Å². The van der Waals surface area contributed by atoms with Crippen LogP contribution in [0.3, 0.4) is 0 Å². The lowest BCUT2D eigenvalue weighted by Gasteiger charge is -2.14. The van der Waals surface area contributed by atoms with Crippen molar-refractivity contribution in [3.63, 3.8) is 0 Å². The molecule has 2 aromatic carbocycles. The summed E-state index contributed by atoms with van der Waals surface area (Å²) in [6, 6.07) is 11.9. The summed E-state index contributed by atoms with van der Waals surface area (Å²) in [6.45, 7) is 2.97. The van der Waals surface area contributed by atoms with Crippen molar-refractivity contribution in [3.8, 4) is 5.75 Å². The minimum atomic E-state index is 0.295. The number of rotatable bonds is 3. The Morgan fingerprint density at radius 2 is 1.94 bits per heavy atom. The Hall–Kier alpha value is -1.54. The molecule has 0 aliphatic heterocycles. The first-order valence-corrected chi connectivity index (χ1v) is 6.13. The van der Waals surface area contributed by atoms with Crippen molar-refractivity contribution in [2.45, 2.75) is 31.8 Å². The molecule has 2 aromatic rings. The maximum absolute atomic E-state index is 9.99. The standard InChI is InChI=1S/C15H17NO/c1-15(8-9-15)16-10-13-12-5-3-2-4-11(12)6-7-14(13)17/h2-7,16-17H,8-10H2,1H3. The van der Waals surface area contributed by atoms with Gasteiger partial charge in [0.25, 0.3) is 0 Å². The normalized spacial score (nSPS) is 17.2. The van der Waals surface area contributed by atoms with Crippen LogP contribution in [0.15, 0.2) is 36.4 Å². The topological polar surface area (TPSA) is 32.3 Å². The number of phenols is 1. The first-order valence-electron chi connectivity index (χ1n) is 6.13. The molecule has 88 valence electrons. The van der Waals surface area contributed by atoms with Crippen LogP contribution >= 0.6 is 0 Å². The zero-order chi connectivity index (χ0) is 11.9. The van der Waals surface area contributed by atoms with Gasteiger partial charge in [-0.3, -0.25) is 0 Å². The summed E-state index contributed by atoms with van der Waals surface area (Å²) in [7, 11) is 0. The lowest BCUT2D eigenvalue weighted by molar-refractivity contribution is 0.459. The molecule has 1 aliphatic rings. The zero-order valence-corrected chi connectivity index (χ0v) is 10.0. The average Bonchev–Trinajstić information content (AvgIpc) is 3.06. The Morgan fingerprint density at radius 3 is 2.71 bits per heavy atom. The largest absolute Gasteiger partial charge is 0.508 e. The summed E-state index contributed by atoms with van der Waals surface area (Å²) in [5.41, 5.74) is 1.31. The maximum atomic E-state index is 9.99. The highest BCUT2D eigenvalue weighted by molar-refractivity contribution is 5.87. The molecular formula is C15H17NO. The highest BCUT2D eigenvalue weighted by Gasteiger charge is 2.36. The van der Waals surface area contributed by atoms with Gasteiger partial charge in [0, 0.05) is 17.6 Å². The Bertz CT molecular complexity index is 558. The molecule has 0 bridgehead atoms. The van der Waals surface area contributed by atoms with Gasteiger partial charge in [-0.25, -0.2) is 0 Å². The predicted octanol–water partition coefficient (Wildman–Crippen LogP) is 3.19. The third kappa shape index (κ3) is 2.01. The van der Waals surface area contributed by atoms with Crippen LogP contribution in [0.4, 0.5) is 0 Å². The van der Waals surface area contributed by atoms with Crippen molar-refractivity contribution in [1.82, 2.24) is 5.32 Å². The first kappa shape index (κ1) is 10.6. The minimum absolute atomic E-state index is 0.295. The summed E-state index contributed by atoms with van der Waals surface area (Å²) < 4.78 is 0. The van der Waals surface area contributed by atoms with Crippen molar-refractivity contribution < 1.29 is 5.11 Å². The SMILES string of the molecule is CC1(NCc2c(O)ccc3ccccc23)CC1. The highest BCUT2D eigenvalue weighted by atomic mass is 16.3. The van der Waals surface area contributed by atoms with Gasteiger partial charge in [-0.15, -0.1) is 0 Å². The van der Waals surface area contributed by atoms with Crippen LogP contribution in [0.2, 0.25) is 0 Å². The van der Waals surface area contributed by atoms with Crippen LogP contribution < -0.4 is 5.32 Å². The molecule has 17 heavy (non-hydrogen) atoms. The van der Waals surface area contributed by atoms with Crippen LogP contribution in [0.1, 0.15) is 25.3 Å². The molecule has 1 fully saturated rings. The second-order valence-corrected chi connectivity index (χ2v) is 5.20. The van der Waals surface area contributed by atoms with Gasteiger partial charge in [0.05, 0.1) is 0 Å². The number of phenolic OH excluding ortho intramolecular Hbond substituents is 1. The molecule has 0 atom stereocenters. The van der Waals surface area contributed by atoms with Gasteiger partial charge in [-0.2, -0.15) is 0 Å². The smallest absolute Gasteiger partial charge is 0.120 e. The zero-order valence-electron chi connectivity index (χ0n) is 10.0. The van der Waals surface area contributed by atoms with Crippen molar-refractivity contribution >= 4 is 10.8 Å². The van der Waals surface area contributed by atoms with Crippen molar-refractivity contribution in [2.75, 3.05) is 0 Å². The molecule has 2 heteroatoms. The molecule has 0 amide bonds. The van der Waals surface area contributed by atoms with E-state index in [1.807, 2.05) is 18.2 Å². The summed E-state index contributed by atoms with van der Waals surface area (Å²) in [4.78, 5) is 0. The van der Waals surface area contributed by atoms with E-state index < -0.39 is 0 Å². The Balaban J connectivity index is 1.98. The van der Waals surface area contributed by atoms with Gasteiger partial charge < -0.3 is 10.4 Å². The molecule has 3 rings (SSSR count). The van der Waals surface area contributed by atoms with Gasteiger partial charge in [-0.05, 0) is 36.6 Å². The second kappa shape index (κ2) is 3.74. The van der Waals surface area contributed by atoms with Crippen LogP contribution in [0, 0.1) is 0 Å². The number of aromatic hydroxyl groups is 1. The molecule has 0 heterocycles. The van der Waals surface area contributed by atoms with Gasteiger partial charge in [0.15, 0.2) is 0 Å². The quantitative estimate of drug-likeness (QED) is 0.844. The Kier molecular flexibility index (Phi) is 2.33. The van der Waals surface area contributed by atoms with Gasteiger partial charge in [0.2, 0.25) is 0 Å². The van der Waals surface area contributed by atoms with E-state index in [9.17, 15) is 5.11 Å². The molecule has 2 N–H and O–H groups in total. The average molecular weight is 227 g/mol. The third-order valence-electron chi connectivity index (χ3n) is 3.71. The van der Waals surface area contributed by atoms with Crippen LogP contribution in [-0.4, -0.2) is 10.6 Å². The van der Waals surface area contributed by atoms with Crippen molar-refractivity contribution in [3.05, 3.63) is 42.0 Å². The van der Waals surface area contributed by atoms with E-state index in [1.54, 1.807) is 6.07 Å².